The van der Waals surface area contributed by atoms with Gasteiger partial charge in [-0.05, 0) is 18.2 Å². The van der Waals surface area contributed by atoms with Gasteiger partial charge in [-0.3, -0.25) is 4.79 Å². The van der Waals surface area contributed by atoms with E-state index in [9.17, 15) is 9.18 Å². The van der Waals surface area contributed by atoms with E-state index in [0.717, 1.165) is 0 Å². The topological polar surface area (TPSA) is 38.3 Å². The summed E-state index contributed by atoms with van der Waals surface area (Å²) in [6.45, 7) is 1.81. The molecule has 0 aliphatic heterocycles. The van der Waals surface area contributed by atoms with Gasteiger partial charge >= 0.3 is 0 Å². The molecule has 1 aromatic rings. The third-order valence-electron chi connectivity index (χ3n) is 1.97. The van der Waals surface area contributed by atoms with E-state index in [2.05, 4.69) is 5.32 Å². The first-order valence-corrected chi connectivity index (χ1v) is 4.88. The lowest BCUT2D eigenvalue weighted by Gasteiger charge is -2.02. The monoisotopic (exact) mass is 223 g/mol. The van der Waals surface area contributed by atoms with Gasteiger partial charge in [0.15, 0.2) is 0 Å². The molecular weight excluding hydrogens is 209 g/mol. The van der Waals surface area contributed by atoms with Crippen molar-refractivity contribution in [1.29, 1.82) is 0 Å². The van der Waals surface area contributed by atoms with Crippen LogP contribution in [-0.2, 0) is 4.79 Å². The molecule has 0 bridgehead atoms. The molecule has 0 atom stereocenters. The van der Waals surface area contributed by atoms with Crippen LogP contribution in [0.3, 0.4) is 0 Å². The number of hydrogen-bond donors (Lipinski definition) is 1. The lowest BCUT2D eigenvalue weighted by molar-refractivity contribution is -0.118. The summed E-state index contributed by atoms with van der Waals surface area (Å²) in [7, 11) is 1.53. The molecule has 0 fully saturated rings. The van der Waals surface area contributed by atoms with E-state index >= 15 is 0 Å². The largest absolute Gasteiger partial charge is 0.497 e. The maximum Gasteiger partial charge on any atom is 0.217 e. The van der Waals surface area contributed by atoms with Crippen molar-refractivity contribution >= 4 is 12.0 Å². The third kappa shape index (κ3) is 3.73. The molecule has 0 aliphatic rings. The van der Waals surface area contributed by atoms with Gasteiger partial charge in [0.05, 0.1) is 7.11 Å². The Hall–Kier alpha value is -1.84. The van der Waals surface area contributed by atoms with Crippen molar-refractivity contribution in [2.45, 2.75) is 6.92 Å². The lowest BCUT2D eigenvalue weighted by atomic mass is 10.2. The second-order valence-electron chi connectivity index (χ2n) is 3.23. The second kappa shape index (κ2) is 5.90. The van der Waals surface area contributed by atoms with Gasteiger partial charge in [0.2, 0.25) is 5.91 Å². The SMILES string of the molecule is COc1ccc(F)c(C=CCNC(C)=O)c1. The molecule has 1 amide bonds. The standard InChI is InChI=1S/C12H14FNO2/c1-9(15)14-7-3-4-10-8-11(16-2)5-6-12(10)13/h3-6,8H,7H2,1-2H3,(H,14,15). The number of amides is 1. The molecule has 4 heteroatoms. The normalized spacial score (nSPS) is 10.4. The van der Waals surface area contributed by atoms with Crippen LogP contribution in [0.1, 0.15) is 12.5 Å². The minimum Gasteiger partial charge on any atom is -0.497 e. The zero-order valence-electron chi connectivity index (χ0n) is 9.29. The smallest absolute Gasteiger partial charge is 0.217 e. The number of carbonyl (C=O) groups excluding carboxylic acids is 1. The second-order valence-corrected chi connectivity index (χ2v) is 3.23. The molecule has 0 aromatic heterocycles. The Morgan fingerprint density at radius 3 is 2.94 bits per heavy atom. The van der Waals surface area contributed by atoms with Crippen LogP contribution in [0.4, 0.5) is 4.39 Å². The minimum atomic E-state index is -0.320. The van der Waals surface area contributed by atoms with Crippen molar-refractivity contribution in [2.75, 3.05) is 13.7 Å². The highest BCUT2D eigenvalue weighted by molar-refractivity contribution is 5.73. The van der Waals surface area contributed by atoms with Gasteiger partial charge in [-0.15, -0.1) is 0 Å². The fraction of sp³-hybridized carbons (Fsp3) is 0.250. The number of nitrogens with one attached hydrogen (secondary N) is 1. The first-order chi connectivity index (χ1) is 7.63. The molecule has 86 valence electrons. The number of benzene rings is 1. The Labute approximate surface area is 93.9 Å². The highest BCUT2D eigenvalue weighted by Crippen LogP contribution is 2.17. The zero-order valence-corrected chi connectivity index (χ0v) is 9.29. The van der Waals surface area contributed by atoms with E-state index in [4.69, 9.17) is 4.74 Å². The molecule has 0 spiro atoms. The summed E-state index contributed by atoms with van der Waals surface area (Å²) in [5.74, 6) is 0.163. The molecule has 1 N–H and O–H groups in total. The maximum atomic E-state index is 13.3. The van der Waals surface area contributed by atoms with Crippen LogP contribution >= 0.6 is 0 Å². The average Bonchev–Trinajstić information content (AvgIpc) is 2.26. The molecule has 0 aliphatic carbocycles. The first-order valence-electron chi connectivity index (χ1n) is 4.88. The van der Waals surface area contributed by atoms with Gasteiger partial charge in [0.1, 0.15) is 11.6 Å². The summed E-state index contributed by atoms with van der Waals surface area (Å²) in [5.41, 5.74) is 0.435. The van der Waals surface area contributed by atoms with Gasteiger partial charge < -0.3 is 10.1 Å². The Morgan fingerprint density at radius 2 is 2.31 bits per heavy atom. The highest BCUT2D eigenvalue weighted by Gasteiger charge is 2.00. The summed E-state index contributed by atoms with van der Waals surface area (Å²) >= 11 is 0. The predicted octanol–water partition coefficient (Wildman–Crippen LogP) is 1.98. The van der Waals surface area contributed by atoms with Gasteiger partial charge in [-0.25, -0.2) is 4.39 Å². The fourth-order valence-corrected chi connectivity index (χ4v) is 1.17. The van der Waals surface area contributed by atoms with Crippen LogP contribution in [0.2, 0.25) is 0 Å². The van der Waals surface area contributed by atoms with Crippen molar-refractivity contribution in [1.82, 2.24) is 5.32 Å². The van der Waals surface area contributed by atoms with Crippen LogP contribution in [-0.4, -0.2) is 19.6 Å². The summed E-state index contributed by atoms with van der Waals surface area (Å²) in [5, 5.41) is 2.58. The summed E-state index contributed by atoms with van der Waals surface area (Å²) in [4.78, 5) is 10.6. The van der Waals surface area contributed by atoms with Crippen LogP contribution < -0.4 is 10.1 Å². The van der Waals surface area contributed by atoms with Crippen LogP contribution in [0.15, 0.2) is 24.3 Å². The van der Waals surface area contributed by atoms with Crippen LogP contribution in [0.25, 0.3) is 6.08 Å². The maximum absolute atomic E-state index is 13.3. The number of hydrogen-bond acceptors (Lipinski definition) is 2. The van der Waals surface area contributed by atoms with E-state index in [1.807, 2.05) is 0 Å². The summed E-state index contributed by atoms with van der Waals surface area (Å²) < 4.78 is 18.3. The van der Waals surface area contributed by atoms with Crippen molar-refractivity contribution in [2.24, 2.45) is 0 Å². The van der Waals surface area contributed by atoms with E-state index < -0.39 is 0 Å². The number of rotatable bonds is 4. The average molecular weight is 223 g/mol. The number of halogens is 1. The highest BCUT2D eigenvalue weighted by atomic mass is 19.1. The van der Waals surface area contributed by atoms with Gasteiger partial charge in [-0.2, -0.15) is 0 Å². The quantitative estimate of drug-likeness (QED) is 0.847. The lowest BCUT2D eigenvalue weighted by Crippen LogP contribution is -2.19. The Kier molecular flexibility index (Phi) is 4.51. The van der Waals surface area contributed by atoms with Crippen LogP contribution in [0.5, 0.6) is 5.75 Å². The molecule has 0 heterocycles. The van der Waals surface area contributed by atoms with Crippen molar-refractivity contribution in [3.8, 4) is 5.75 Å². The molecule has 3 nitrogen and oxygen atoms in total. The van der Waals surface area contributed by atoms with Crippen molar-refractivity contribution in [3.05, 3.63) is 35.7 Å². The Balaban J connectivity index is 2.68. The molecule has 0 unspecified atom stereocenters. The van der Waals surface area contributed by atoms with E-state index in [1.165, 1.54) is 20.1 Å². The van der Waals surface area contributed by atoms with Gasteiger partial charge in [0, 0.05) is 19.0 Å². The van der Waals surface area contributed by atoms with Gasteiger partial charge in [0.25, 0.3) is 0 Å². The van der Waals surface area contributed by atoms with E-state index in [0.29, 0.717) is 17.9 Å². The fourth-order valence-electron chi connectivity index (χ4n) is 1.17. The molecule has 1 rings (SSSR count). The first kappa shape index (κ1) is 12.2. The predicted molar refractivity (Wildman–Crippen MR) is 60.7 cm³/mol. The Morgan fingerprint density at radius 1 is 1.56 bits per heavy atom. The third-order valence-corrected chi connectivity index (χ3v) is 1.97. The number of carbonyl (C=O) groups is 1. The number of methoxy groups -OCH3 is 1. The molecule has 0 radical (unpaired) electrons. The van der Waals surface area contributed by atoms with Gasteiger partial charge in [-0.1, -0.05) is 12.2 Å². The molecular formula is C12H14FNO2. The molecule has 0 saturated heterocycles. The van der Waals surface area contributed by atoms with Crippen LogP contribution in [0, 0.1) is 5.82 Å². The Bertz CT molecular complexity index is 402. The van der Waals surface area contributed by atoms with E-state index in [1.54, 1.807) is 24.3 Å². The minimum absolute atomic E-state index is 0.115. The molecule has 1 aromatic carbocycles. The molecule has 16 heavy (non-hydrogen) atoms. The van der Waals surface area contributed by atoms with Crippen molar-refractivity contribution < 1.29 is 13.9 Å². The zero-order chi connectivity index (χ0) is 12.0. The number of ether oxygens (including phenoxy) is 1. The van der Waals surface area contributed by atoms with Crippen molar-refractivity contribution in [3.63, 3.8) is 0 Å². The summed E-state index contributed by atoms with van der Waals surface area (Å²) in [6, 6.07) is 4.50. The van der Waals surface area contributed by atoms with E-state index in [-0.39, 0.29) is 11.7 Å². The molecule has 0 saturated carbocycles. The summed E-state index contributed by atoms with van der Waals surface area (Å²) in [6.07, 6.45) is 3.28.